The first kappa shape index (κ1) is 18.2. The standard InChI is InChI=1S/C17H17FN4O3S/c18-12-1-7-15(8-2-12)26(23,24)22-13-3-5-14(6-4-13)25-17-16(11-19)20-9-10-21-17/h1-2,7-10,13-14,22H,3-6H2. The van der Waals surface area contributed by atoms with Crippen LogP contribution in [0.2, 0.25) is 0 Å². The summed E-state index contributed by atoms with van der Waals surface area (Å²) in [6, 6.07) is 6.43. The summed E-state index contributed by atoms with van der Waals surface area (Å²) < 4.78 is 46.0. The lowest BCUT2D eigenvalue weighted by atomic mass is 9.94. The van der Waals surface area contributed by atoms with E-state index in [1.807, 2.05) is 6.07 Å². The summed E-state index contributed by atoms with van der Waals surface area (Å²) in [6.45, 7) is 0. The third-order valence-electron chi connectivity index (χ3n) is 4.17. The number of aromatic nitrogens is 2. The minimum atomic E-state index is -3.69. The fraction of sp³-hybridized carbons (Fsp3) is 0.353. The van der Waals surface area contributed by atoms with Gasteiger partial charge in [0.2, 0.25) is 15.7 Å². The Hall–Kier alpha value is -2.57. The van der Waals surface area contributed by atoms with Crippen molar-refractivity contribution in [2.24, 2.45) is 0 Å². The van der Waals surface area contributed by atoms with Crippen molar-refractivity contribution >= 4 is 10.0 Å². The number of nitrogens with zero attached hydrogens (tertiary/aromatic N) is 3. The van der Waals surface area contributed by atoms with E-state index in [-0.39, 0.29) is 28.6 Å². The zero-order valence-electron chi connectivity index (χ0n) is 13.8. The van der Waals surface area contributed by atoms with E-state index in [1.54, 1.807) is 0 Å². The lowest BCUT2D eigenvalue weighted by molar-refractivity contribution is 0.137. The van der Waals surface area contributed by atoms with Gasteiger partial charge in [-0.3, -0.25) is 0 Å². The van der Waals surface area contributed by atoms with E-state index in [1.165, 1.54) is 24.5 Å². The maximum Gasteiger partial charge on any atom is 0.251 e. The van der Waals surface area contributed by atoms with Gasteiger partial charge in [0.05, 0.1) is 4.90 Å². The minimum Gasteiger partial charge on any atom is -0.472 e. The van der Waals surface area contributed by atoms with Crippen molar-refractivity contribution in [1.82, 2.24) is 14.7 Å². The molecule has 9 heteroatoms. The molecule has 0 amide bonds. The molecule has 1 fully saturated rings. The van der Waals surface area contributed by atoms with Crippen molar-refractivity contribution in [3.05, 3.63) is 48.2 Å². The Morgan fingerprint density at radius 1 is 1.12 bits per heavy atom. The normalized spacial score (nSPS) is 20.3. The predicted octanol–water partition coefficient (Wildman–Crippen LogP) is 2.16. The second kappa shape index (κ2) is 7.76. The number of rotatable bonds is 5. The Labute approximate surface area is 150 Å². The van der Waals surface area contributed by atoms with Crippen LogP contribution in [0.25, 0.3) is 0 Å². The number of ether oxygens (including phenoxy) is 1. The number of nitrogens with one attached hydrogen (secondary N) is 1. The average Bonchev–Trinajstić information content (AvgIpc) is 2.64. The molecule has 1 saturated carbocycles. The molecule has 1 heterocycles. The van der Waals surface area contributed by atoms with Gasteiger partial charge in [-0.2, -0.15) is 5.26 Å². The summed E-state index contributed by atoms with van der Waals surface area (Å²) in [4.78, 5) is 7.96. The Morgan fingerprint density at radius 3 is 2.42 bits per heavy atom. The minimum absolute atomic E-state index is 0.0375. The number of nitriles is 1. The molecule has 0 aliphatic heterocycles. The molecule has 1 N–H and O–H groups in total. The molecule has 3 rings (SSSR count). The molecule has 0 spiro atoms. The number of halogens is 1. The zero-order valence-corrected chi connectivity index (χ0v) is 14.6. The van der Waals surface area contributed by atoms with Gasteiger partial charge >= 0.3 is 0 Å². The molecule has 0 saturated heterocycles. The molecule has 26 heavy (non-hydrogen) atoms. The molecule has 2 aromatic rings. The maximum absolute atomic E-state index is 13.0. The van der Waals surface area contributed by atoms with Crippen molar-refractivity contribution in [3.63, 3.8) is 0 Å². The number of hydrogen-bond acceptors (Lipinski definition) is 6. The number of sulfonamides is 1. The van der Waals surface area contributed by atoms with Gasteiger partial charge in [0.25, 0.3) is 5.88 Å². The third-order valence-corrected chi connectivity index (χ3v) is 5.71. The van der Waals surface area contributed by atoms with Gasteiger partial charge in [-0.25, -0.2) is 27.5 Å². The van der Waals surface area contributed by atoms with E-state index < -0.39 is 15.8 Å². The van der Waals surface area contributed by atoms with E-state index in [0.717, 1.165) is 12.1 Å². The van der Waals surface area contributed by atoms with E-state index >= 15 is 0 Å². The molecule has 0 bridgehead atoms. The van der Waals surface area contributed by atoms with Crippen molar-refractivity contribution in [1.29, 1.82) is 5.26 Å². The highest BCUT2D eigenvalue weighted by atomic mass is 32.2. The van der Waals surface area contributed by atoms with Gasteiger partial charge in [0, 0.05) is 18.4 Å². The molecule has 0 radical (unpaired) electrons. The van der Waals surface area contributed by atoms with E-state index in [4.69, 9.17) is 10.00 Å². The van der Waals surface area contributed by atoms with Crippen LogP contribution < -0.4 is 9.46 Å². The van der Waals surface area contributed by atoms with Crippen LogP contribution in [-0.2, 0) is 10.0 Å². The monoisotopic (exact) mass is 376 g/mol. The first-order chi connectivity index (χ1) is 12.5. The quantitative estimate of drug-likeness (QED) is 0.857. The molecule has 7 nitrogen and oxygen atoms in total. The molecule has 0 unspecified atom stereocenters. The van der Waals surface area contributed by atoms with Crippen LogP contribution in [-0.4, -0.2) is 30.5 Å². The van der Waals surface area contributed by atoms with Gasteiger partial charge in [-0.15, -0.1) is 0 Å². The van der Waals surface area contributed by atoms with Gasteiger partial charge < -0.3 is 4.74 Å². The third kappa shape index (κ3) is 4.33. The van der Waals surface area contributed by atoms with Crippen LogP contribution in [0.4, 0.5) is 4.39 Å². The van der Waals surface area contributed by atoms with Gasteiger partial charge in [-0.1, -0.05) is 0 Å². The Balaban J connectivity index is 1.57. The fourth-order valence-electron chi connectivity index (χ4n) is 2.85. The molecule has 136 valence electrons. The smallest absolute Gasteiger partial charge is 0.251 e. The van der Waals surface area contributed by atoms with Crippen LogP contribution in [0.1, 0.15) is 31.4 Å². The average molecular weight is 376 g/mol. The molecule has 0 atom stereocenters. The largest absolute Gasteiger partial charge is 0.472 e. The van der Waals surface area contributed by atoms with Crippen LogP contribution in [0, 0.1) is 17.1 Å². The summed E-state index contributed by atoms with van der Waals surface area (Å²) in [7, 11) is -3.69. The van der Waals surface area contributed by atoms with Crippen molar-refractivity contribution in [2.45, 2.75) is 42.7 Å². The molecule has 1 aromatic carbocycles. The maximum atomic E-state index is 13.0. The Morgan fingerprint density at radius 2 is 1.77 bits per heavy atom. The van der Waals surface area contributed by atoms with E-state index in [9.17, 15) is 12.8 Å². The second-order valence-electron chi connectivity index (χ2n) is 5.99. The predicted molar refractivity (Wildman–Crippen MR) is 90.1 cm³/mol. The van der Waals surface area contributed by atoms with Gasteiger partial charge in [0.15, 0.2) is 0 Å². The lowest BCUT2D eigenvalue weighted by Gasteiger charge is -2.29. The van der Waals surface area contributed by atoms with Gasteiger partial charge in [0.1, 0.15) is 18.0 Å². The van der Waals surface area contributed by atoms with Crippen LogP contribution in [0.15, 0.2) is 41.6 Å². The number of benzene rings is 1. The van der Waals surface area contributed by atoms with Crippen molar-refractivity contribution < 1.29 is 17.5 Å². The zero-order chi connectivity index (χ0) is 18.6. The summed E-state index contributed by atoms with van der Waals surface area (Å²) in [5.41, 5.74) is 0.131. The summed E-state index contributed by atoms with van der Waals surface area (Å²) >= 11 is 0. The van der Waals surface area contributed by atoms with Crippen LogP contribution >= 0.6 is 0 Å². The van der Waals surface area contributed by atoms with Crippen LogP contribution in [0.5, 0.6) is 5.88 Å². The first-order valence-corrected chi connectivity index (χ1v) is 9.62. The molecular weight excluding hydrogens is 359 g/mol. The summed E-state index contributed by atoms with van der Waals surface area (Å²) in [5.74, 6) is -0.285. The van der Waals surface area contributed by atoms with Gasteiger partial charge in [-0.05, 0) is 49.9 Å². The highest BCUT2D eigenvalue weighted by Gasteiger charge is 2.27. The molecule has 1 aromatic heterocycles. The molecule has 1 aliphatic rings. The highest BCUT2D eigenvalue weighted by Crippen LogP contribution is 2.25. The summed E-state index contributed by atoms with van der Waals surface area (Å²) in [6.07, 6.45) is 5.16. The van der Waals surface area contributed by atoms with E-state index in [0.29, 0.717) is 25.7 Å². The Kier molecular flexibility index (Phi) is 5.44. The first-order valence-electron chi connectivity index (χ1n) is 8.13. The lowest BCUT2D eigenvalue weighted by Crippen LogP contribution is -2.39. The van der Waals surface area contributed by atoms with Crippen molar-refractivity contribution in [3.8, 4) is 11.9 Å². The SMILES string of the molecule is N#Cc1nccnc1OC1CCC(NS(=O)(=O)c2ccc(F)cc2)CC1. The molecule has 1 aliphatic carbocycles. The molecular formula is C17H17FN4O3S. The fourth-order valence-corrected chi connectivity index (χ4v) is 4.15. The Bertz CT molecular complexity index is 904. The van der Waals surface area contributed by atoms with Crippen molar-refractivity contribution in [2.75, 3.05) is 0 Å². The second-order valence-corrected chi connectivity index (χ2v) is 7.70. The number of hydrogen-bond donors (Lipinski definition) is 1. The highest BCUT2D eigenvalue weighted by molar-refractivity contribution is 7.89. The summed E-state index contributed by atoms with van der Waals surface area (Å²) in [5, 5.41) is 9.01. The van der Waals surface area contributed by atoms with Crippen LogP contribution in [0.3, 0.4) is 0 Å². The topological polar surface area (TPSA) is 105 Å². The van der Waals surface area contributed by atoms with E-state index in [2.05, 4.69) is 14.7 Å².